The number of carbonyl (C=O) groups excluding carboxylic acids is 2. The van der Waals surface area contributed by atoms with Gasteiger partial charge in [-0.25, -0.2) is 0 Å². The summed E-state index contributed by atoms with van der Waals surface area (Å²) in [5.74, 6) is -0.168. The Kier molecular flexibility index (Phi) is 5.62. The number of rotatable bonds is 5. The van der Waals surface area contributed by atoms with Crippen LogP contribution in [0.2, 0.25) is 0 Å². The predicted octanol–water partition coefficient (Wildman–Crippen LogP) is 4.06. The Labute approximate surface area is 149 Å². The molecule has 0 aliphatic carbocycles. The van der Waals surface area contributed by atoms with E-state index >= 15 is 0 Å². The predicted molar refractivity (Wildman–Crippen MR) is 98.2 cm³/mol. The first-order valence-electron chi connectivity index (χ1n) is 7.36. The highest BCUT2D eigenvalue weighted by molar-refractivity contribution is 9.10. The maximum Gasteiger partial charge on any atom is 0.239 e. The van der Waals surface area contributed by atoms with E-state index in [1.165, 1.54) is 0 Å². The van der Waals surface area contributed by atoms with Crippen LogP contribution in [0.15, 0.2) is 53.0 Å². The number of benzene rings is 2. The van der Waals surface area contributed by atoms with Crippen molar-refractivity contribution < 1.29 is 14.3 Å². The van der Waals surface area contributed by atoms with Crippen LogP contribution in [0.4, 0.5) is 11.4 Å². The molecule has 5 nitrogen and oxygen atoms in total. The standard InChI is InChI=1S/C18H19BrN2O3/c1-18(2,17(23)21-15-10-5-4-9-14(15)19)16(22)20-12-7-6-8-13(11-12)24-3/h4-11H,1-3H3,(H,20,22)(H,21,23). The van der Waals surface area contributed by atoms with E-state index in [1.54, 1.807) is 51.3 Å². The van der Waals surface area contributed by atoms with Gasteiger partial charge in [0, 0.05) is 16.2 Å². The normalized spacial score (nSPS) is 10.8. The Bertz CT molecular complexity index is 759. The van der Waals surface area contributed by atoms with Crippen LogP contribution in [0.3, 0.4) is 0 Å². The molecule has 0 heterocycles. The molecule has 0 atom stereocenters. The highest BCUT2D eigenvalue weighted by Crippen LogP contribution is 2.26. The van der Waals surface area contributed by atoms with E-state index in [-0.39, 0.29) is 0 Å². The van der Waals surface area contributed by atoms with E-state index in [0.29, 0.717) is 17.1 Å². The zero-order valence-electron chi connectivity index (χ0n) is 13.7. The monoisotopic (exact) mass is 390 g/mol. The van der Waals surface area contributed by atoms with Crippen LogP contribution in [-0.4, -0.2) is 18.9 Å². The van der Waals surface area contributed by atoms with Gasteiger partial charge in [0.15, 0.2) is 0 Å². The third kappa shape index (κ3) is 4.14. The average Bonchev–Trinajstić information content (AvgIpc) is 2.57. The highest BCUT2D eigenvalue weighted by atomic mass is 79.9. The van der Waals surface area contributed by atoms with Gasteiger partial charge < -0.3 is 15.4 Å². The number of carbonyl (C=O) groups is 2. The third-order valence-corrected chi connectivity index (χ3v) is 4.28. The van der Waals surface area contributed by atoms with Crippen LogP contribution in [0, 0.1) is 5.41 Å². The first kappa shape index (κ1) is 18.0. The number of nitrogens with one attached hydrogen (secondary N) is 2. The Morgan fingerprint density at radius 3 is 2.33 bits per heavy atom. The summed E-state index contributed by atoms with van der Waals surface area (Å²) in [6, 6.07) is 14.2. The Morgan fingerprint density at radius 1 is 1.00 bits per heavy atom. The van der Waals surface area contributed by atoms with Gasteiger partial charge in [-0.05, 0) is 54.0 Å². The van der Waals surface area contributed by atoms with Gasteiger partial charge in [-0.15, -0.1) is 0 Å². The van der Waals surface area contributed by atoms with Gasteiger partial charge in [0.2, 0.25) is 11.8 Å². The molecule has 0 unspecified atom stereocenters. The second kappa shape index (κ2) is 7.49. The summed E-state index contributed by atoms with van der Waals surface area (Å²) in [6.45, 7) is 3.16. The average molecular weight is 391 g/mol. The van der Waals surface area contributed by atoms with Crippen molar-refractivity contribution in [3.05, 3.63) is 53.0 Å². The van der Waals surface area contributed by atoms with E-state index in [1.807, 2.05) is 18.2 Å². The number of methoxy groups -OCH3 is 1. The number of hydrogen-bond donors (Lipinski definition) is 2. The van der Waals surface area contributed by atoms with Crippen LogP contribution < -0.4 is 15.4 Å². The number of para-hydroxylation sites is 1. The molecule has 24 heavy (non-hydrogen) atoms. The minimum absolute atomic E-state index is 0.394. The lowest BCUT2D eigenvalue weighted by Gasteiger charge is -2.23. The van der Waals surface area contributed by atoms with Crippen LogP contribution in [-0.2, 0) is 9.59 Å². The second-order valence-electron chi connectivity index (χ2n) is 5.75. The molecule has 0 aromatic heterocycles. The molecular weight excluding hydrogens is 372 g/mol. The summed E-state index contributed by atoms with van der Waals surface area (Å²) in [5, 5.41) is 5.52. The van der Waals surface area contributed by atoms with Gasteiger partial charge in [-0.1, -0.05) is 18.2 Å². The summed E-state index contributed by atoms with van der Waals surface area (Å²) in [5.41, 5.74) is -0.0656. The Hall–Kier alpha value is -2.34. The summed E-state index contributed by atoms with van der Waals surface area (Å²) >= 11 is 3.37. The second-order valence-corrected chi connectivity index (χ2v) is 6.60. The number of halogens is 1. The molecule has 0 saturated carbocycles. The summed E-state index contributed by atoms with van der Waals surface area (Å²) in [7, 11) is 1.55. The zero-order chi connectivity index (χ0) is 17.7. The van der Waals surface area contributed by atoms with E-state index in [0.717, 1.165) is 4.47 Å². The fourth-order valence-corrected chi connectivity index (χ4v) is 2.32. The van der Waals surface area contributed by atoms with Gasteiger partial charge in [-0.2, -0.15) is 0 Å². The Balaban J connectivity index is 2.11. The van der Waals surface area contributed by atoms with Gasteiger partial charge in [-0.3, -0.25) is 9.59 Å². The fourth-order valence-electron chi connectivity index (χ4n) is 1.93. The van der Waals surface area contributed by atoms with Gasteiger partial charge in [0.05, 0.1) is 12.8 Å². The van der Waals surface area contributed by atoms with Crippen LogP contribution in [0.1, 0.15) is 13.8 Å². The molecule has 2 rings (SSSR count). The topological polar surface area (TPSA) is 67.4 Å². The zero-order valence-corrected chi connectivity index (χ0v) is 15.3. The Morgan fingerprint density at radius 2 is 1.67 bits per heavy atom. The van der Waals surface area contributed by atoms with Gasteiger partial charge >= 0.3 is 0 Å². The van der Waals surface area contributed by atoms with Gasteiger partial charge in [0.1, 0.15) is 11.2 Å². The molecule has 0 spiro atoms. The molecule has 2 amide bonds. The molecule has 2 aromatic rings. The molecule has 2 aromatic carbocycles. The van der Waals surface area contributed by atoms with Crippen molar-refractivity contribution in [2.45, 2.75) is 13.8 Å². The van der Waals surface area contributed by atoms with Crippen molar-refractivity contribution >= 4 is 39.1 Å². The molecule has 6 heteroatoms. The third-order valence-electron chi connectivity index (χ3n) is 3.58. The quantitative estimate of drug-likeness (QED) is 0.756. The lowest BCUT2D eigenvalue weighted by Crippen LogP contribution is -2.41. The van der Waals surface area contributed by atoms with Crippen molar-refractivity contribution in [1.82, 2.24) is 0 Å². The highest BCUT2D eigenvalue weighted by Gasteiger charge is 2.36. The van der Waals surface area contributed by atoms with Gasteiger partial charge in [0.25, 0.3) is 0 Å². The lowest BCUT2D eigenvalue weighted by molar-refractivity contribution is -0.135. The summed E-state index contributed by atoms with van der Waals surface area (Å²) in [4.78, 5) is 25.0. The SMILES string of the molecule is COc1cccc(NC(=O)C(C)(C)C(=O)Nc2ccccc2Br)c1. The minimum atomic E-state index is -1.25. The lowest BCUT2D eigenvalue weighted by atomic mass is 9.90. The van der Waals surface area contributed by atoms with Crippen molar-refractivity contribution in [3.8, 4) is 5.75 Å². The number of amides is 2. The smallest absolute Gasteiger partial charge is 0.239 e. The van der Waals surface area contributed by atoms with Crippen molar-refractivity contribution in [2.24, 2.45) is 5.41 Å². The largest absolute Gasteiger partial charge is 0.497 e. The number of ether oxygens (including phenoxy) is 1. The van der Waals surface area contributed by atoms with E-state index < -0.39 is 17.2 Å². The minimum Gasteiger partial charge on any atom is -0.497 e. The molecule has 0 radical (unpaired) electrons. The van der Waals surface area contributed by atoms with E-state index in [9.17, 15) is 9.59 Å². The van der Waals surface area contributed by atoms with E-state index in [4.69, 9.17) is 4.74 Å². The maximum absolute atomic E-state index is 12.5. The van der Waals surface area contributed by atoms with Crippen LogP contribution in [0.5, 0.6) is 5.75 Å². The first-order valence-corrected chi connectivity index (χ1v) is 8.15. The molecule has 0 fully saturated rings. The van der Waals surface area contributed by atoms with Crippen LogP contribution >= 0.6 is 15.9 Å². The molecule has 0 aliphatic heterocycles. The molecule has 2 N–H and O–H groups in total. The maximum atomic E-state index is 12.5. The van der Waals surface area contributed by atoms with Crippen molar-refractivity contribution in [3.63, 3.8) is 0 Å². The summed E-state index contributed by atoms with van der Waals surface area (Å²) < 4.78 is 5.88. The molecule has 0 saturated heterocycles. The molecule has 0 aliphatic rings. The first-order chi connectivity index (χ1) is 11.3. The fraction of sp³-hybridized carbons (Fsp3) is 0.222. The van der Waals surface area contributed by atoms with Crippen LogP contribution in [0.25, 0.3) is 0 Å². The summed E-state index contributed by atoms with van der Waals surface area (Å²) in [6.07, 6.45) is 0. The van der Waals surface area contributed by atoms with Crippen molar-refractivity contribution in [1.29, 1.82) is 0 Å². The van der Waals surface area contributed by atoms with E-state index in [2.05, 4.69) is 26.6 Å². The molecule has 0 bridgehead atoms. The molecule has 126 valence electrons. The molecular formula is C18H19BrN2O3. The van der Waals surface area contributed by atoms with Crippen molar-refractivity contribution in [2.75, 3.05) is 17.7 Å². The number of anilines is 2. The number of hydrogen-bond acceptors (Lipinski definition) is 3.